The number of carbonyl (C=O) groups excluding carboxylic acids is 1. The average Bonchev–Trinajstić information content (AvgIpc) is 3.37. The summed E-state index contributed by atoms with van der Waals surface area (Å²) in [5.74, 6) is -0.148. The molecule has 0 atom stereocenters. The maximum atomic E-state index is 13.6. The zero-order chi connectivity index (χ0) is 31.2. The summed E-state index contributed by atoms with van der Waals surface area (Å²) in [5, 5.41) is 16.2. The van der Waals surface area contributed by atoms with Crippen molar-refractivity contribution in [1.82, 2.24) is 24.8 Å². The normalized spacial score (nSPS) is 13.8. The first-order chi connectivity index (χ1) is 21.0. The van der Waals surface area contributed by atoms with Gasteiger partial charge in [0.15, 0.2) is 5.75 Å². The lowest BCUT2D eigenvalue weighted by molar-refractivity contribution is 0.102. The Morgan fingerprint density at radius 1 is 1.02 bits per heavy atom. The Bertz CT molecular complexity index is 1990. The number of amides is 1. The van der Waals surface area contributed by atoms with E-state index in [-0.39, 0.29) is 22.8 Å². The second-order valence-corrected chi connectivity index (χ2v) is 13.2. The maximum Gasteiger partial charge on any atom is 0.255 e. The molecule has 1 amide bonds. The van der Waals surface area contributed by atoms with Crippen LogP contribution < -0.4 is 14.8 Å². The highest BCUT2D eigenvalue weighted by atomic mass is 32.2. The third kappa shape index (κ3) is 5.68. The number of nitrogens with one attached hydrogen (secondary N) is 2. The molecule has 226 valence electrons. The van der Waals surface area contributed by atoms with Gasteiger partial charge in [0.25, 0.3) is 5.91 Å². The molecule has 0 spiro atoms. The van der Waals surface area contributed by atoms with Crippen molar-refractivity contribution in [1.29, 1.82) is 0 Å². The SMILES string of the molecule is COc1c(NC(=O)c2ccc(C)c(-n3cc(-c4cnn(-c5ccccc5)c4C)nn3)c2)cc(C2(C)CC2)cc1NS(C)(=O)=O. The lowest BCUT2D eigenvalue weighted by Gasteiger charge is -2.19. The highest BCUT2D eigenvalue weighted by molar-refractivity contribution is 7.92. The zero-order valence-electron chi connectivity index (χ0n) is 25.1. The predicted molar refractivity (Wildman–Crippen MR) is 169 cm³/mol. The number of hydrogen-bond acceptors (Lipinski definition) is 7. The number of hydrogen-bond donors (Lipinski definition) is 2. The number of ether oxygens (including phenoxy) is 1. The van der Waals surface area contributed by atoms with Crippen LogP contribution in [0.25, 0.3) is 22.6 Å². The molecule has 0 aliphatic heterocycles. The van der Waals surface area contributed by atoms with Crippen molar-refractivity contribution in [2.24, 2.45) is 0 Å². The Hall–Kier alpha value is -4.97. The Labute approximate surface area is 255 Å². The van der Waals surface area contributed by atoms with E-state index in [1.54, 1.807) is 29.1 Å². The molecule has 0 radical (unpaired) electrons. The molecule has 12 heteroatoms. The van der Waals surface area contributed by atoms with Crippen LogP contribution in [0, 0.1) is 13.8 Å². The molecule has 0 saturated heterocycles. The number of sulfonamides is 1. The lowest BCUT2D eigenvalue weighted by Crippen LogP contribution is -2.17. The largest absolute Gasteiger partial charge is 0.492 e. The van der Waals surface area contributed by atoms with Gasteiger partial charge < -0.3 is 10.1 Å². The van der Waals surface area contributed by atoms with Crippen LogP contribution in [0.15, 0.2) is 73.1 Å². The third-order valence-corrected chi connectivity index (χ3v) is 8.62. The number of para-hydroxylation sites is 1. The Morgan fingerprint density at radius 3 is 2.43 bits per heavy atom. The second-order valence-electron chi connectivity index (χ2n) is 11.4. The van der Waals surface area contributed by atoms with E-state index in [0.29, 0.717) is 22.6 Å². The van der Waals surface area contributed by atoms with Gasteiger partial charge in [0.1, 0.15) is 5.69 Å². The standard InChI is InChI=1S/C32H33N7O4S/c1-20-11-12-22(31(40)34-26-16-23(32(3)13-14-32)17-27(30(26)43-4)36-44(5,41)42)15-29(20)38-19-28(35-37-38)25-18-33-39(21(25)2)24-9-7-6-8-10-24/h6-12,15-19,36H,13-14H2,1-5H3,(H,34,40). The Kier molecular flexibility index (Phi) is 7.24. The molecule has 1 aliphatic rings. The lowest BCUT2D eigenvalue weighted by atomic mass is 9.96. The smallest absolute Gasteiger partial charge is 0.255 e. The molecular weight excluding hydrogens is 578 g/mol. The first-order valence-corrected chi connectivity index (χ1v) is 16.0. The molecule has 1 aliphatic carbocycles. The van der Waals surface area contributed by atoms with Gasteiger partial charge in [-0.05, 0) is 79.6 Å². The van der Waals surface area contributed by atoms with Crippen molar-refractivity contribution in [3.05, 3.63) is 95.4 Å². The number of rotatable bonds is 9. The summed E-state index contributed by atoms with van der Waals surface area (Å²) in [5.41, 5.74) is 6.85. The van der Waals surface area contributed by atoms with Crippen molar-refractivity contribution in [2.75, 3.05) is 23.4 Å². The van der Waals surface area contributed by atoms with Gasteiger partial charge in [-0.2, -0.15) is 5.10 Å². The third-order valence-electron chi connectivity index (χ3n) is 8.03. The van der Waals surface area contributed by atoms with Crippen LogP contribution in [0.4, 0.5) is 11.4 Å². The van der Waals surface area contributed by atoms with Crippen molar-refractivity contribution < 1.29 is 17.9 Å². The van der Waals surface area contributed by atoms with Gasteiger partial charge in [0.05, 0.1) is 54.2 Å². The summed E-state index contributed by atoms with van der Waals surface area (Å²) in [4.78, 5) is 13.6. The first-order valence-electron chi connectivity index (χ1n) is 14.1. The van der Waals surface area contributed by atoms with Crippen LogP contribution in [0.2, 0.25) is 0 Å². The van der Waals surface area contributed by atoms with E-state index < -0.39 is 10.0 Å². The van der Waals surface area contributed by atoms with Gasteiger partial charge in [-0.3, -0.25) is 9.52 Å². The number of anilines is 2. The van der Waals surface area contributed by atoms with Crippen LogP contribution in [0.5, 0.6) is 5.75 Å². The van der Waals surface area contributed by atoms with E-state index in [2.05, 4.69) is 32.4 Å². The molecule has 6 rings (SSSR count). The van der Waals surface area contributed by atoms with Crippen LogP contribution in [0.1, 0.15) is 46.9 Å². The van der Waals surface area contributed by atoms with E-state index in [1.807, 2.05) is 67.2 Å². The molecule has 44 heavy (non-hydrogen) atoms. The van der Waals surface area contributed by atoms with E-state index in [1.165, 1.54) is 7.11 Å². The predicted octanol–water partition coefficient (Wildman–Crippen LogP) is 5.42. The van der Waals surface area contributed by atoms with Crippen LogP contribution in [0.3, 0.4) is 0 Å². The first kappa shape index (κ1) is 29.1. The van der Waals surface area contributed by atoms with Gasteiger partial charge in [-0.15, -0.1) is 5.10 Å². The molecular formula is C32H33N7O4S. The fourth-order valence-electron chi connectivity index (χ4n) is 5.23. The summed E-state index contributed by atoms with van der Waals surface area (Å²) in [6, 6.07) is 18.8. The molecule has 1 fully saturated rings. The minimum absolute atomic E-state index is 0.0859. The highest BCUT2D eigenvalue weighted by Gasteiger charge is 2.40. The van der Waals surface area contributed by atoms with E-state index in [4.69, 9.17) is 4.74 Å². The Balaban J connectivity index is 1.30. The van der Waals surface area contributed by atoms with Crippen molar-refractivity contribution in [3.63, 3.8) is 0 Å². The quantitative estimate of drug-likeness (QED) is 0.227. The zero-order valence-corrected chi connectivity index (χ0v) is 25.9. The summed E-state index contributed by atoms with van der Waals surface area (Å²) in [6.07, 6.45) is 6.60. The summed E-state index contributed by atoms with van der Waals surface area (Å²) < 4.78 is 35.8. The fourth-order valence-corrected chi connectivity index (χ4v) is 5.78. The Morgan fingerprint density at radius 2 is 1.75 bits per heavy atom. The molecule has 2 N–H and O–H groups in total. The molecule has 0 unspecified atom stereocenters. The average molecular weight is 612 g/mol. The molecule has 11 nitrogen and oxygen atoms in total. The summed E-state index contributed by atoms with van der Waals surface area (Å²) in [6.45, 7) is 6.02. The number of benzene rings is 3. The number of carbonyl (C=O) groups is 1. The van der Waals surface area contributed by atoms with E-state index >= 15 is 0 Å². The van der Waals surface area contributed by atoms with Crippen LogP contribution in [-0.4, -0.2) is 52.5 Å². The van der Waals surface area contributed by atoms with Gasteiger partial charge in [0.2, 0.25) is 10.0 Å². The molecule has 2 heterocycles. The second kappa shape index (κ2) is 10.9. The maximum absolute atomic E-state index is 13.6. The molecule has 1 saturated carbocycles. The van der Waals surface area contributed by atoms with Gasteiger partial charge >= 0.3 is 0 Å². The van der Waals surface area contributed by atoms with Gasteiger partial charge in [-0.25, -0.2) is 17.8 Å². The topological polar surface area (TPSA) is 133 Å². The molecule has 0 bridgehead atoms. The van der Waals surface area contributed by atoms with Crippen LogP contribution >= 0.6 is 0 Å². The van der Waals surface area contributed by atoms with Crippen molar-refractivity contribution in [3.8, 4) is 28.4 Å². The minimum Gasteiger partial charge on any atom is -0.492 e. The van der Waals surface area contributed by atoms with Crippen molar-refractivity contribution in [2.45, 2.75) is 39.0 Å². The summed E-state index contributed by atoms with van der Waals surface area (Å²) in [7, 11) is -2.15. The number of aryl methyl sites for hydroxylation is 1. The van der Waals surface area contributed by atoms with E-state index in [0.717, 1.165) is 47.2 Å². The van der Waals surface area contributed by atoms with Crippen LogP contribution in [-0.2, 0) is 15.4 Å². The molecule has 3 aromatic carbocycles. The van der Waals surface area contributed by atoms with E-state index in [9.17, 15) is 13.2 Å². The van der Waals surface area contributed by atoms with Gasteiger partial charge in [0, 0.05) is 11.1 Å². The number of aromatic nitrogens is 5. The van der Waals surface area contributed by atoms with Gasteiger partial charge in [-0.1, -0.05) is 36.4 Å². The fraction of sp³-hybridized carbons (Fsp3) is 0.250. The number of nitrogens with zero attached hydrogens (tertiary/aromatic N) is 5. The molecule has 2 aromatic heterocycles. The monoisotopic (exact) mass is 611 g/mol. The minimum atomic E-state index is -3.59. The molecule has 5 aromatic rings. The number of methoxy groups -OCH3 is 1. The summed E-state index contributed by atoms with van der Waals surface area (Å²) >= 11 is 0. The van der Waals surface area contributed by atoms with Crippen molar-refractivity contribution >= 4 is 27.3 Å². The highest BCUT2D eigenvalue weighted by Crippen LogP contribution is 2.50.